The Labute approximate surface area is 157 Å². The van der Waals surface area contributed by atoms with Crippen LogP contribution >= 0.6 is 11.6 Å². The molecule has 1 saturated heterocycles. The summed E-state index contributed by atoms with van der Waals surface area (Å²) in [6.45, 7) is 2.30. The molecule has 1 fully saturated rings. The van der Waals surface area contributed by atoms with E-state index < -0.39 is 0 Å². The molecule has 1 amide bonds. The van der Waals surface area contributed by atoms with Crippen molar-refractivity contribution in [2.75, 3.05) is 13.1 Å². The maximum absolute atomic E-state index is 12.5. The van der Waals surface area contributed by atoms with E-state index in [2.05, 4.69) is 15.6 Å². The number of nitrogens with zero attached hydrogens (tertiary/aromatic N) is 3. The SMILES string of the molecule is N#C/C(C(=O)NCc1ccccc1)=C1\NCCN1Cc1ccc(Cl)nc1. The summed E-state index contributed by atoms with van der Waals surface area (Å²) in [6, 6.07) is 15.2. The van der Waals surface area contributed by atoms with E-state index in [0.29, 0.717) is 37.2 Å². The molecular formula is C19H18ClN5O. The molecule has 3 rings (SSSR count). The highest BCUT2D eigenvalue weighted by molar-refractivity contribution is 6.29. The molecule has 26 heavy (non-hydrogen) atoms. The van der Waals surface area contributed by atoms with Crippen LogP contribution in [0.1, 0.15) is 11.1 Å². The molecule has 7 heteroatoms. The fourth-order valence-corrected chi connectivity index (χ4v) is 2.85. The first-order valence-corrected chi connectivity index (χ1v) is 8.61. The zero-order valence-electron chi connectivity index (χ0n) is 14.1. The van der Waals surface area contributed by atoms with E-state index in [1.54, 1.807) is 12.3 Å². The molecule has 1 aliphatic rings. The van der Waals surface area contributed by atoms with Crippen LogP contribution in [0.5, 0.6) is 0 Å². The zero-order valence-corrected chi connectivity index (χ0v) is 14.8. The molecule has 132 valence electrons. The van der Waals surface area contributed by atoms with Crippen molar-refractivity contribution in [1.29, 1.82) is 5.26 Å². The minimum Gasteiger partial charge on any atom is -0.369 e. The molecule has 1 aliphatic heterocycles. The fraction of sp³-hybridized carbons (Fsp3) is 0.211. The standard InChI is InChI=1S/C19H18ClN5O/c20-17-7-6-15(12-23-17)13-25-9-8-22-18(25)16(10-21)19(26)24-11-14-4-2-1-3-5-14/h1-7,12,22H,8-9,11,13H2,(H,24,26)/b18-16-. The van der Waals surface area contributed by atoms with E-state index in [1.807, 2.05) is 47.4 Å². The van der Waals surface area contributed by atoms with E-state index >= 15 is 0 Å². The summed E-state index contributed by atoms with van der Waals surface area (Å²) in [6.07, 6.45) is 1.69. The number of carbonyl (C=O) groups excluding carboxylic acids is 1. The van der Waals surface area contributed by atoms with Gasteiger partial charge in [-0.15, -0.1) is 0 Å². The summed E-state index contributed by atoms with van der Waals surface area (Å²) < 4.78 is 0. The molecule has 2 aromatic rings. The monoisotopic (exact) mass is 367 g/mol. The summed E-state index contributed by atoms with van der Waals surface area (Å²) in [4.78, 5) is 18.5. The molecule has 0 bridgehead atoms. The lowest BCUT2D eigenvalue weighted by Gasteiger charge is -2.20. The molecule has 1 aromatic heterocycles. The van der Waals surface area contributed by atoms with Crippen LogP contribution in [0.25, 0.3) is 0 Å². The Morgan fingerprint density at radius 3 is 2.77 bits per heavy atom. The number of carbonyl (C=O) groups is 1. The second-order valence-corrected chi connectivity index (χ2v) is 6.23. The quantitative estimate of drug-likeness (QED) is 0.481. The minimum absolute atomic E-state index is 0.0837. The molecule has 0 radical (unpaired) electrons. The normalized spacial score (nSPS) is 15.2. The van der Waals surface area contributed by atoms with Crippen LogP contribution < -0.4 is 10.6 Å². The van der Waals surface area contributed by atoms with Gasteiger partial charge in [0.15, 0.2) is 5.57 Å². The smallest absolute Gasteiger partial charge is 0.265 e. The predicted molar refractivity (Wildman–Crippen MR) is 98.6 cm³/mol. The number of rotatable bonds is 5. The molecule has 2 N–H and O–H groups in total. The topological polar surface area (TPSA) is 81.0 Å². The van der Waals surface area contributed by atoms with Crippen LogP contribution in [-0.2, 0) is 17.9 Å². The van der Waals surface area contributed by atoms with Gasteiger partial charge in [0.1, 0.15) is 17.0 Å². The van der Waals surface area contributed by atoms with Crippen molar-refractivity contribution >= 4 is 17.5 Å². The van der Waals surface area contributed by atoms with Gasteiger partial charge in [-0.2, -0.15) is 5.26 Å². The van der Waals surface area contributed by atoms with Crippen molar-refractivity contribution in [3.05, 3.63) is 76.3 Å². The first-order valence-electron chi connectivity index (χ1n) is 8.23. The zero-order chi connectivity index (χ0) is 18.4. The second-order valence-electron chi connectivity index (χ2n) is 5.84. The molecule has 0 aliphatic carbocycles. The highest BCUT2D eigenvalue weighted by Crippen LogP contribution is 2.17. The lowest BCUT2D eigenvalue weighted by molar-refractivity contribution is -0.117. The fourth-order valence-electron chi connectivity index (χ4n) is 2.74. The average Bonchev–Trinajstić information content (AvgIpc) is 3.11. The molecule has 6 nitrogen and oxygen atoms in total. The third-order valence-corrected chi connectivity index (χ3v) is 4.25. The Balaban J connectivity index is 1.72. The van der Waals surface area contributed by atoms with Crippen LogP contribution in [-0.4, -0.2) is 28.9 Å². The molecule has 0 saturated carbocycles. The summed E-state index contributed by atoms with van der Waals surface area (Å²) in [7, 11) is 0. The van der Waals surface area contributed by atoms with Gasteiger partial charge in [0.2, 0.25) is 0 Å². The number of halogens is 1. The van der Waals surface area contributed by atoms with Gasteiger partial charge in [0.25, 0.3) is 5.91 Å². The summed E-state index contributed by atoms with van der Waals surface area (Å²) >= 11 is 5.81. The highest BCUT2D eigenvalue weighted by atomic mass is 35.5. The van der Waals surface area contributed by atoms with Gasteiger partial charge in [-0.05, 0) is 17.2 Å². The molecule has 1 aromatic carbocycles. The molecule has 0 spiro atoms. The van der Waals surface area contributed by atoms with Gasteiger partial charge in [0, 0.05) is 32.4 Å². The Morgan fingerprint density at radius 1 is 1.27 bits per heavy atom. The van der Waals surface area contributed by atoms with Crippen molar-refractivity contribution in [1.82, 2.24) is 20.5 Å². The Kier molecular flexibility index (Phi) is 5.72. The van der Waals surface area contributed by atoms with Crippen LogP contribution in [0.15, 0.2) is 60.1 Å². The number of hydrogen-bond donors (Lipinski definition) is 2. The van der Waals surface area contributed by atoms with Gasteiger partial charge in [-0.3, -0.25) is 4.79 Å². The van der Waals surface area contributed by atoms with Gasteiger partial charge in [0.05, 0.1) is 0 Å². The van der Waals surface area contributed by atoms with Gasteiger partial charge >= 0.3 is 0 Å². The largest absolute Gasteiger partial charge is 0.369 e. The van der Waals surface area contributed by atoms with Crippen LogP contribution in [0, 0.1) is 11.3 Å². The van der Waals surface area contributed by atoms with Crippen molar-refractivity contribution in [3.63, 3.8) is 0 Å². The molecule has 2 heterocycles. The number of amides is 1. The number of aromatic nitrogens is 1. The second kappa shape index (κ2) is 8.37. The highest BCUT2D eigenvalue weighted by Gasteiger charge is 2.24. The predicted octanol–water partition coefficient (Wildman–Crippen LogP) is 2.19. The van der Waals surface area contributed by atoms with Gasteiger partial charge in [-0.1, -0.05) is 48.0 Å². The lowest BCUT2D eigenvalue weighted by atomic mass is 10.2. The van der Waals surface area contributed by atoms with Gasteiger partial charge in [-0.25, -0.2) is 4.98 Å². The molecular weight excluding hydrogens is 350 g/mol. The summed E-state index contributed by atoms with van der Waals surface area (Å²) in [5.74, 6) is 0.160. The van der Waals surface area contributed by atoms with E-state index in [-0.39, 0.29) is 11.5 Å². The maximum Gasteiger partial charge on any atom is 0.265 e. The van der Waals surface area contributed by atoms with Crippen LogP contribution in [0.3, 0.4) is 0 Å². The summed E-state index contributed by atoms with van der Waals surface area (Å²) in [5, 5.41) is 15.9. The molecule has 0 atom stereocenters. The van der Waals surface area contributed by atoms with E-state index in [0.717, 1.165) is 11.1 Å². The number of nitrogens with one attached hydrogen (secondary N) is 2. The number of nitriles is 1. The van der Waals surface area contributed by atoms with E-state index in [1.165, 1.54) is 0 Å². The van der Waals surface area contributed by atoms with E-state index in [4.69, 9.17) is 11.6 Å². The Hall–Kier alpha value is -3.04. The third-order valence-electron chi connectivity index (χ3n) is 4.02. The Bertz CT molecular complexity index is 842. The van der Waals surface area contributed by atoms with Crippen LogP contribution in [0.2, 0.25) is 5.15 Å². The maximum atomic E-state index is 12.5. The van der Waals surface area contributed by atoms with E-state index in [9.17, 15) is 10.1 Å². The average molecular weight is 368 g/mol. The van der Waals surface area contributed by atoms with Crippen molar-refractivity contribution < 1.29 is 4.79 Å². The Morgan fingerprint density at radius 2 is 2.08 bits per heavy atom. The molecule has 0 unspecified atom stereocenters. The van der Waals surface area contributed by atoms with Crippen LogP contribution in [0.4, 0.5) is 0 Å². The minimum atomic E-state index is -0.389. The number of benzene rings is 1. The number of hydrogen-bond acceptors (Lipinski definition) is 5. The van der Waals surface area contributed by atoms with Crippen molar-refractivity contribution in [3.8, 4) is 6.07 Å². The van der Waals surface area contributed by atoms with Crippen molar-refractivity contribution in [2.45, 2.75) is 13.1 Å². The van der Waals surface area contributed by atoms with Crippen molar-refractivity contribution in [2.24, 2.45) is 0 Å². The first kappa shape index (κ1) is 17.8. The number of pyridine rings is 1. The lowest BCUT2D eigenvalue weighted by Crippen LogP contribution is -2.30. The summed E-state index contributed by atoms with van der Waals surface area (Å²) in [5.41, 5.74) is 2.02. The first-order chi connectivity index (χ1) is 12.7. The van der Waals surface area contributed by atoms with Gasteiger partial charge < -0.3 is 15.5 Å². The third kappa shape index (κ3) is 4.32.